The fourth-order valence-electron chi connectivity index (χ4n) is 3.42. The molecule has 7 heteroatoms. The topological polar surface area (TPSA) is 73.6 Å². The van der Waals surface area contributed by atoms with Gasteiger partial charge >= 0.3 is 5.97 Å². The molecular formula is C20H19BrN2O4. The van der Waals surface area contributed by atoms with Gasteiger partial charge in [0.15, 0.2) is 0 Å². The summed E-state index contributed by atoms with van der Waals surface area (Å²) in [7, 11) is 0. The lowest BCUT2D eigenvalue weighted by Gasteiger charge is -2.11. The summed E-state index contributed by atoms with van der Waals surface area (Å²) in [4.78, 5) is 15.7. The minimum atomic E-state index is -0.878. The molecular weight excluding hydrogens is 412 g/mol. The molecule has 27 heavy (non-hydrogen) atoms. The van der Waals surface area contributed by atoms with Gasteiger partial charge in [-0.2, -0.15) is 0 Å². The number of fused-ring (bicyclic) bond motifs is 1. The first-order valence-electron chi connectivity index (χ1n) is 8.77. The van der Waals surface area contributed by atoms with E-state index in [-0.39, 0.29) is 12.5 Å². The molecule has 1 saturated heterocycles. The Kier molecular flexibility index (Phi) is 5.13. The van der Waals surface area contributed by atoms with Gasteiger partial charge in [-0.15, -0.1) is 0 Å². The fraction of sp³-hybridized carbons (Fsp3) is 0.300. The molecule has 4 rings (SSSR count). The maximum Gasteiger partial charge on any atom is 0.307 e. The quantitative estimate of drug-likeness (QED) is 0.640. The van der Waals surface area contributed by atoms with Crippen LogP contribution in [0.25, 0.3) is 11.0 Å². The number of halogens is 1. The van der Waals surface area contributed by atoms with Crippen LogP contribution in [-0.4, -0.2) is 33.8 Å². The zero-order valence-corrected chi connectivity index (χ0v) is 16.2. The number of ether oxygens (including phenoxy) is 2. The van der Waals surface area contributed by atoms with E-state index in [4.69, 9.17) is 14.6 Å². The largest absolute Gasteiger partial charge is 0.489 e. The molecule has 0 bridgehead atoms. The van der Waals surface area contributed by atoms with Crippen LogP contribution in [0.3, 0.4) is 0 Å². The summed E-state index contributed by atoms with van der Waals surface area (Å²) >= 11 is 3.49. The van der Waals surface area contributed by atoms with E-state index in [0.717, 1.165) is 34.1 Å². The van der Waals surface area contributed by atoms with Gasteiger partial charge in [0, 0.05) is 40.0 Å². The third kappa shape index (κ3) is 3.84. The van der Waals surface area contributed by atoms with Crippen LogP contribution in [0, 0.1) is 0 Å². The highest BCUT2D eigenvalue weighted by molar-refractivity contribution is 9.10. The van der Waals surface area contributed by atoms with Crippen molar-refractivity contribution in [1.82, 2.24) is 9.55 Å². The number of aliphatic carboxylic acids is 1. The molecule has 1 aromatic carbocycles. The van der Waals surface area contributed by atoms with Crippen LogP contribution in [0.1, 0.15) is 23.6 Å². The summed E-state index contributed by atoms with van der Waals surface area (Å²) in [6.45, 7) is 1.78. The second-order valence-electron chi connectivity index (χ2n) is 6.57. The molecule has 6 nitrogen and oxygen atoms in total. The summed E-state index contributed by atoms with van der Waals surface area (Å²) in [6, 6.07) is 9.55. The Hall–Kier alpha value is -2.38. The summed E-state index contributed by atoms with van der Waals surface area (Å²) in [5.74, 6) is -0.287. The van der Waals surface area contributed by atoms with Crippen molar-refractivity contribution in [3.05, 3.63) is 58.3 Å². The van der Waals surface area contributed by atoms with E-state index in [0.29, 0.717) is 24.5 Å². The van der Waals surface area contributed by atoms with Crippen molar-refractivity contribution < 1.29 is 19.4 Å². The van der Waals surface area contributed by atoms with Gasteiger partial charge < -0.3 is 19.1 Å². The molecule has 0 radical (unpaired) electrons. The van der Waals surface area contributed by atoms with Gasteiger partial charge in [0.05, 0.1) is 19.1 Å². The highest BCUT2D eigenvalue weighted by Gasteiger charge is 2.22. The van der Waals surface area contributed by atoms with Gasteiger partial charge in [-0.05, 0) is 34.5 Å². The van der Waals surface area contributed by atoms with E-state index in [2.05, 4.69) is 31.7 Å². The number of carboxylic acid groups (broad SMARTS) is 1. The van der Waals surface area contributed by atoms with Crippen LogP contribution < -0.4 is 4.74 Å². The number of nitrogens with zero attached hydrogens (tertiary/aromatic N) is 2. The van der Waals surface area contributed by atoms with Crippen LogP contribution in [0.2, 0.25) is 0 Å². The van der Waals surface area contributed by atoms with Crippen LogP contribution in [-0.2, 0) is 22.6 Å². The van der Waals surface area contributed by atoms with Crippen molar-refractivity contribution in [2.24, 2.45) is 0 Å². The average molecular weight is 431 g/mol. The lowest BCUT2D eigenvalue weighted by molar-refractivity contribution is -0.136. The summed E-state index contributed by atoms with van der Waals surface area (Å²) in [5.41, 5.74) is 2.58. The predicted molar refractivity (Wildman–Crippen MR) is 104 cm³/mol. The third-order valence-corrected chi connectivity index (χ3v) is 5.15. The Morgan fingerprint density at radius 2 is 2.22 bits per heavy atom. The minimum absolute atomic E-state index is 0.0650. The molecule has 1 aliphatic rings. The predicted octanol–water partition coefficient (Wildman–Crippen LogP) is 3.97. The van der Waals surface area contributed by atoms with E-state index in [1.165, 1.54) is 0 Å². The van der Waals surface area contributed by atoms with Crippen molar-refractivity contribution in [1.29, 1.82) is 0 Å². The van der Waals surface area contributed by atoms with Crippen LogP contribution in [0.5, 0.6) is 5.75 Å². The zero-order valence-electron chi connectivity index (χ0n) is 14.6. The Balaban J connectivity index is 1.64. The first-order valence-corrected chi connectivity index (χ1v) is 9.56. The molecule has 3 heterocycles. The van der Waals surface area contributed by atoms with Crippen LogP contribution in [0.4, 0.5) is 0 Å². The maximum atomic E-state index is 11.1. The molecule has 1 aliphatic heterocycles. The van der Waals surface area contributed by atoms with Gasteiger partial charge in [-0.3, -0.25) is 4.79 Å². The van der Waals surface area contributed by atoms with Gasteiger partial charge in [-0.1, -0.05) is 18.2 Å². The van der Waals surface area contributed by atoms with Crippen molar-refractivity contribution in [3.8, 4) is 5.75 Å². The standard InChI is InChI=1S/C20H19BrN2O4/c21-15-8-17-14(10-23(20(17)22-9-15)16-5-6-26-12-16)11-27-18-4-2-1-3-13(18)7-19(24)25/h1-4,8-10,16H,5-7,11-12H2,(H,24,25). The van der Waals surface area contributed by atoms with Gasteiger partial charge in [0.25, 0.3) is 0 Å². The smallest absolute Gasteiger partial charge is 0.307 e. The summed E-state index contributed by atoms with van der Waals surface area (Å²) in [5, 5.41) is 10.1. The molecule has 0 spiro atoms. The number of benzene rings is 1. The molecule has 1 atom stereocenters. The Morgan fingerprint density at radius 1 is 1.37 bits per heavy atom. The number of pyridine rings is 1. The van der Waals surface area contributed by atoms with E-state index in [1.807, 2.05) is 18.2 Å². The Bertz CT molecular complexity index is 979. The lowest BCUT2D eigenvalue weighted by atomic mass is 10.1. The van der Waals surface area contributed by atoms with E-state index in [1.54, 1.807) is 18.3 Å². The molecule has 3 aromatic rings. The fourth-order valence-corrected chi connectivity index (χ4v) is 3.75. The second kappa shape index (κ2) is 7.70. The van der Waals surface area contributed by atoms with Crippen LogP contribution in [0.15, 0.2) is 47.2 Å². The van der Waals surface area contributed by atoms with Crippen molar-refractivity contribution in [3.63, 3.8) is 0 Å². The Labute approximate surface area is 164 Å². The summed E-state index contributed by atoms with van der Waals surface area (Å²) < 4.78 is 14.6. The van der Waals surface area contributed by atoms with Crippen molar-refractivity contribution in [2.75, 3.05) is 13.2 Å². The highest BCUT2D eigenvalue weighted by atomic mass is 79.9. The van der Waals surface area contributed by atoms with Crippen molar-refractivity contribution >= 4 is 32.9 Å². The second-order valence-corrected chi connectivity index (χ2v) is 7.49. The minimum Gasteiger partial charge on any atom is -0.489 e. The average Bonchev–Trinajstić information content (AvgIpc) is 3.28. The normalized spacial score (nSPS) is 16.7. The zero-order chi connectivity index (χ0) is 18.8. The van der Waals surface area contributed by atoms with Gasteiger partial charge in [0.2, 0.25) is 0 Å². The molecule has 1 N–H and O–H groups in total. The monoisotopic (exact) mass is 430 g/mol. The molecule has 2 aromatic heterocycles. The highest BCUT2D eigenvalue weighted by Crippen LogP contribution is 2.30. The number of carbonyl (C=O) groups is 1. The molecule has 1 fully saturated rings. The third-order valence-electron chi connectivity index (χ3n) is 4.72. The molecule has 0 saturated carbocycles. The number of carboxylic acids is 1. The van der Waals surface area contributed by atoms with Crippen molar-refractivity contribution in [2.45, 2.75) is 25.5 Å². The summed E-state index contributed by atoms with van der Waals surface area (Å²) in [6.07, 6.45) is 4.76. The molecule has 0 amide bonds. The molecule has 140 valence electrons. The first kappa shape index (κ1) is 18.0. The SMILES string of the molecule is O=C(O)Cc1ccccc1OCc1cn(C2CCOC2)c2ncc(Br)cc12. The van der Waals surface area contributed by atoms with Gasteiger partial charge in [0.1, 0.15) is 18.0 Å². The number of aromatic nitrogens is 2. The van der Waals surface area contributed by atoms with Crippen LogP contribution >= 0.6 is 15.9 Å². The van der Waals surface area contributed by atoms with E-state index < -0.39 is 5.97 Å². The number of para-hydroxylation sites is 1. The number of rotatable bonds is 6. The Morgan fingerprint density at radius 3 is 3.00 bits per heavy atom. The van der Waals surface area contributed by atoms with Gasteiger partial charge in [-0.25, -0.2) is 4.98 Å². The number of hydrogen-bond donors (Lipinski definition) is 1. The lowest BCUT2D eigenvalue weighted by Crippen LogP contribution is -2.08. The molecule has 1 unspecified atom stereocenters. The van der Waals surface area contributed by atoms with E-state index in [9.17, 15) is 4.79 Å². The first-order chi connectivity index (χ1) is 13.1. The maximum absolute atomic E-state index is 11.1. The number of hydrogen-bond acceptors (Lipinski definition) is 4. The van der Waals surface area contributed by atoms with E-state index >= 15 is 0 Å². The molecule has 0 aliphatic carbocycles.